The minimum absolute atomic E-state index is 0.0278. The van der Waals surface area contributed by atoms with Gasteiger partial charge in [-0.05, 0) is 25.0 Å². The number of carbonyl (C=O) groups is 1. The zero-order valence-corrected chi connectivity index (χ0v) is 14.8. The number of hydrogen-bond acceptors (Lipinski definition) is 5. The molecule has 1 rings (SSSR count). The third-order valence-corrected chi connectivity index (χ3v) is 3.89. The first-order chi connectivity index (χ1) is 10.7. The number of hydrogen-bond donors (Lipinski definition) is 3. The Balaban J connectivity index is 0.000000422. The SMILES string of the molecule is C=C(CCC)C(=O)N(NC)NC.Cc1ccccc1S(=O)(=O)O. The zero-order valence-electron chi connectivity index (χ0n) is 14.0. The van der Waals surface area contributed by atoms with Gasteiger partial charge in [0, 0.05) is 19.7 Å². The summed E-state index contributed by atoms with van der Waals surface area (Å²) < 4.78 is 29.9. The van der Waals surface area contributed by atoms with Crippen molar-refractivity contribution in [2.75, 3.05) is 14.1 Å². The number of amides is 1. The minimum Gasteiger partial charge on any atom is -0.282 e. The molecule has 0 radical (unpaired) electrons. The molecule has 0 unspecified atom stereocenters. The summed E-state index contributed by atoms with van der Waals surface area (Å²) in [6.45, 7) is 7.33. The molecule has 0 saturated heterocycles. The lowest BCUT2D eigenvalue weighted by Crippen LogP contribution is -2.48. The first-order valence-corrected chi connectivity index (χ1v) is 8.53. The minimum atomic E-state index is -4.03. The highest BCUT2D eigenvalue weighted by Crippen LogP contribution is 2.12. The van der Waals surface area contributed by atoms with Gasteiger partial charge in [-0.3, -0.25) is 9.35 Å². The molecule has 8 heteroatoms. The molecule has 0 heterocycles. The van der Waals surface area contributed by atoms with Crippen molar-refractivity contribution in [2.45, 2.75) is 31.6 Å². The van der Waals surface area contributed by atoms with E-state index in [0.29, 0.717) is 11.1 Å². The van der Waals surface area contributed by atoms with Crippen LogP contribution in [-0.2, 0) is 14.9 Å². The van der Waals surface area contributed by atoms with Gasteiger partial charge >= 0.3 is 0 Å². The molecule has 0 aliphatic heterocycles. The van der Waals surface area contributed by atoms with E-state index in [0.717, 1.165) is 12.8 Å². The number of nitrogens with one attached hydrogen (secondary N) is 2. The average molecular weight is 343 g/mol. The standard InChI is InChI=1S/C8H17N3O.C7H8O3S/c1-5-6-7(2)8(12)11(9-3)10-4;1-6-4-2-3-5-7(6)11(8,9)10/h9-10H,2,5-6H2,1,3-4H3;2-5H,1H3,(H,8,9,10). The van der Waals surface area contributed by atoms with Crippen LogP contribution in [0.5, 0.6) is 0 Å². The van der Waals surface area contributed by atoms with Crippen LogP contribution < -0.4 is 10.9 Å². The van der Waals surface area contributed by atoms with Crippen molar-refractivity contribution in [1.82, 2.24) is 16.0 Å². The zero-order chi connectivity index (χ0) is 18.0. The maximum Gasteiger partial charge on any atom is 0.294 e. The molecule has 23 heavy (non-hydrogen) atoms. The summed E-state index contributed by atoms with van der Waals surface area (Å²) in [4.78, 5) is 11.4. The van der Waals surface area contributed by atoms with E-state index >= 15 is 0 Å². The predicted octanol–water partition coefficient (Wildman–Crippen LogP) is 1.68. The summed E-state index contributed by atoms with van der Waals surface area (Å²) in [7, 11) is -0.685. The highest BCUT2D eigenvalue weighted by molar-refractivity contribution is 7.85. The van der Waals surface area contributed by atoms with Crippen molar-refractivity contribution in [1.29, 1.82) is 0 Å². The summed E-state index contributed by atoms with van der Waals surface area (Å²) in [6.07, 6.45) is 1.67. The fraction of sp³-hybridized carbons (Fsp3) is 0.400. The van der Waals surface area contributed by atoms with E-state index in [4.69, 9.17) is 4.55 Å². The second kappa shape index (κ2) is 10.1. The Kier molecular flexibility index (Phi) is 9.35. The van der Waals surface area contributed by atoms with Crippen molar-refractivity contribution >= 4 is 16.0 Å². The molecule has 1 amide bonds. The van der Waals surface area contributed by atoms with Crippen LogP contribution in [0.15, 0.2) is 41.3 Å². The molecule has 130 valence electrons. The van der Waals surface area contributed by atoms with Crippen LogP contribution in [0.25, 0.3) is 0 Å². The van der Waals surface area contributed by atoms with Crippen LogP contribution in [0.4, 0.5) is 0 Å². The molecule has 0 aliphatic carbocycles. The third-order valence-electron chi connectivity index (χ3n) is 2.88. The fourth-order valence-electron chi connectivity index (χ4n) is 1.73. The summed E-state index contributed by atoms with van der Waals surface area (Å²) >= 11 is 0. The van der Waals surface area contributed by atoms with Gasteiger partial charge in [-0.25, -0.2) is 16.0 Å². The van der Waals surface area contributed by atoms with Gasteiger partial charge in [0.05, 0.1) is 4.90 Å². The third kappa shape index (κ3) is 7.38. The van der Waals surface area contributed by atoms with Crippen LogP contribution in [0.3, 0.4) is 0 Å². The Morgan fingerprint density at radius 2 is 1.78 bits per heavy atom. The van der Waals surface area contributed by atoms with E-state index in [1.54, 1.807) is 39.2 Å². The van der Waals surface area contributed by atoms with Gasteiger partial charge in [0.25, 0.3) is 16.0 Å². The first kappa shape index (κ1) is 21.3. The Hall–Kier alpha value is -1.74. The van der Waals surface area contributed by atoms with E-state index in [1.807, 2.05) is 6.92 Å². The second-order valence-electron chi connectivity index (χ2n) is 4.68. The molecule has 0 bridgehead atoms. The summed E-state index contributed by atoms with van der Waals surface area (Å²) in [5.74, 6) is -0.109. The molecule has 0 atom stereocenters. The van der Waals surface area contributed by atoms with Crippen molar-refractivity contribution in [3.8, 4) is 0 Å². The first-order valence-electron chi connectivity index (χ1n) is 7.09. The van der Waals surface area contributed by atoms with Crippen molar-refractivity contribution in [3.63, 3.8) is 0 Å². The van der Waals surface area contributed by atoms with Gasteiger partial charge in [-0.2, -0.15) is 8.42 Å². The lowest BCUT2D eigenvalue weighted by molar-refractivity contribution is -0.133. The number of hydrazine groups is 2. The van der Waals surface area contributed by atoms with Gasteiger partial charge in [0.2, 0.25) is 0 Å². The van der Waals surface area contributed by atoms with Crippen LogP contribution in [0, 0.1) is 6.92 Å². The van der Waals surface area contributed by atoms with E-state index in [2.05, 4.69) is 17.4 Å². The van der Waals surface area contributed by atoms with E-state index in [-0.39, 0.29) is 10.8 Å². The van der Waals surface area contributed by atoms with Crippen LogP contribution >= 0.6 is 0 Å². The summed E-state index contributed by atoms with van der Waals surface area (Å²) in [5, 5.41) is 1.30. The smallest absolute Gasteiger partial charge is 0.282 e. The monoisotopic (exact) mass is 343 g/mol. The Morgan fingerprint density at radius 1 is 1.26 bits per heavy atom. The van der Waals surface area contributed by atoms with Crippen LogP contribution in [0.1, 0.15) is 25.3 Å². The number of carbonyl (C=O) groups excluding carboxylic acids is 1. The fourth-order valence-corrected chi connectivity index (χ4v) is 2.45. The molecule has 0 fully saturated rings. The Bertz CT molecular complexity index is 625. The number of nitrogens with zero attached hydrogens (tertiary/aromatic N) is 1. The number of aryl methyl sites for hydroxylation is 1. The quantitative estimate of drug-likeness (QED) is 0.413. The topological polar surface area (TPSA) is 98.7 Å². The lowest BCUT2D eigenvalue weighted by Gasteiger charge is -2.20. The van der Waals surface area contributed by atoms with Gasteiger partial charge < -0.3 is 0 Å². The average Bonchev–Trinajstić information content (AvgIpc) is 2.48. The summed E-state index contributed by atoms with van der Waals surface area (Å²) in [6, 6.07) is 6.27. The molecule has 1 aromatic carbocycles. The van der Waals surface area contributed by atoms with Gasteiger partial charge in [0.1, 0.15) is 0 Å². The molecule has 0 saturated carbocycles. The van der Waals surface area contributed by atoms with E-state index < -0.39 is 10.1 Å². The highest BCUT2D eigenvalue weighted by atomic mass is 32.2. The molecule has 0 aliphatic rings. The molecule has 0 spiro atoms. The van der Waals surface area contributed by atoms with Gasteiger partial charge in [-0.1, -0.05) is 38.1 Å². The van der Waals surface area contributed by atoms with Crippen molar-refractivity contribution < 1.29 is 17.8 Å². The Morgan fingerprint density at radius 3 is 2.13 bits per heavy atom. The second-order valence-corrected chi connectivity index (χ2v) is 6.07. The molecule has 3 N–H and O–H groups in total. The maximum atomic E-state index is 11.4. The molecule has 1 aromatic rings. The van der Waals surface area contributed by atoms with Crippen molar-refractivity contribution in [2.24, 2.45) is 0 Å². The lowest BCUT2D eigenvalue weighted by atomic mass is 10.2. The maximum absolute atomic E-state index is 11.4. The Labute approximate surface area is 138 Å². The van der Waals surface area contributed by atoms with Crippen molar-refractivity contribution in [3.05, 3.63) is 42.0 Å². The predicted molar refractivity (Wildman–Crippen MR) is 90.0 cm³/mol. The molecular weight excluding hydrogens is 318 g/mol. The molecule has 0 aromatic heterocycles. The van der Waals surface area contributed by atoms with Gasteiger partial charge in [0.15, 0.2) is 0 Å². The normalized spacial score (nSPS) is 10.5. The van der Waals surface area contributed by atoms with Crippen LogP contribution in [-0.4, -0.2) is 38.1 Å². The van der Waals surface area contributed by atoms with Crippen LogP contribution in [0.2, 0.25) is 0 Å². The van der Waals surface area contributed by atoms with Gasteiger partial charge in [-0.15, -0.1) is 0 Å². The van der Waals surface area contributed by atoms with E-state index in [1.165, 1.54) is 11.2 Å². The largest absolute Gasteiger partial charge is 0.294 e. The molecular formula is C15H25N3O4S. The highest BCUT2D eigenvalue weighted by Gasteiger charge is 2.12. The number of rotatable bonds is 6. The van der Waals surface area contributed by atoms with E-state index in [9.17, 15) is 13.2 Å². The molecule has 7 nitrogen and oxygen atoms in total. The number of benzene rings is 1. The summed E-state index contributed by atoms with van der Waals surface area (Å²) in [5.41, 5.74) is 6.57.